The second-order valence-corrected chi connectivity index (χ2v) is 9.29. The van der Waals surface area contributed by atoms with Crippen LogP contribution in [-0.2, 0) is 0 Å². The molecule has 140 valence electrons. The van der Waals surface area contributed by atoms with E-state index in [-0.39, 0.29) is 5.91 Å². The smallest absolute Gasteiger partial charge is 0.251 e. The largest absolute Gasteiger partial charge is 0.349 e. The maximum Gasteiger partial charge on any atom is 0.251 e. The number of piperidine rings is 1. The lowest BCUT2D eigenvalue weighted by Crippen LogP contribution is -2.37. The number of rotatable bonds is 3. The van der Waals surface area contributed by atoms with Gasteiger partial charge in [-0.15, -0.1) is 0 Å². The number of nitrogens with one attached hydrogen (secondary N) is 1. The van der Waals surface area contributed by atoms with E-state index in [9.17, 15) is 4.79 Å². The number of thiazole rings is 1. The van der Waals surface area contributed by atoms with Gasteiger partial charge < -0.3 is 10.2 Å². The molecule has 1 aromatic carbocycles. The van der Waals surface area contributed by atoms with Crippen LogP contribution in [0.15, 0.2) is 18.2 Å². The van der Waals surface area contributed by atoms with E-state index in [0.717, 1.165) is 58.7 Å². The van der Waals surface area contributed by atoms with E-state index in [1.165, 1.54) is 25.7 Å². The van der Waals surface area contributed by atoms with Gasteiger partial charge >= 0.3 is 0 Å². The van der Waals surface area contributed by atoms with Crippen molar-refractivity contribution in [2.75, 3.05) is 18.0 Å². The van der Waals surface area contributed by atoms with Gasteiger partial charge in [0.15, 0.2) is 5.13 Å². The van der Waals surface area contributed by atoms with Crippen LogP contribution in [0.2, 0.25) is 0 Å². The summed E-state index contributed by atoms with van der Waals surface area (Å²) < 4.78 is 1.11. The minimum absolute atomic E-state index is 0.0631. The summed E-state index contributed by atoms with van der Waals surface area (Å²) in [6.45, 7) is 6.81. The Kier molecular flexibility index (Phi) is 5.16. The van der Waals surface area contributed by atoms with Gasteiger partial charge in [0, 0.05) is 24.7 Å². The predicted molar refractivity (Wildman–Crippen MR) is 109 cm³/mol. The third-order valence-corrected chi connectivity index (χ3v) is 7.12. The van der Waals surface area contributed by atoms with Gasteiger partial charge in [-0.25, -0.2) is 4.98 Å². The van der Waals surface area contributed by atoms with E-state index in [0.29, 0.717) is 6.04 Å². The van der Waals surface area contributed by atoms with Crippen molar-refractivity contribution < 1.29 is 4.79 Å². The average Bonchev–Trinajstić information content (AvgIpc) is 3.07. The summed E-state index contributed by atoms with van der Waals surface area (Å²) in [5.41, 5.74) is 1.77. The zero-order chi connectivity index (χ0) is 18.1. The van der Waals surface area contributed by atoms with Gasteiger partial charge in [0.2, 0.25) is 0 Å². The number of hydrogen-bond acceptors (Lipinski definition) is 4. The molecule has 1 saturated carbocycles. The Morgan fingerprint density at radius 3 is 2.50 bits per heavy atom. The first-order valence-corrected chi connectivity index (χ1v) is 10.9. The highest BCUT2D eigenvalue weighted by atomic mass is 32.1. The molecule has 2 aliphatic rings. The number of hydrogen-bond donors (Lipinski definition) is 1. The number of anilines is 1. The quantitative estimate of drug-likeness (QED) is 0.839. The summed E-state index contributed by atoms with van der Waals surface area (Å²) >= 11 is 1.72. The fraction of sp³-hybridized carbons (Fsp3) is 0.619. The lowest BCUT2D eigenvalue weighted by atomic mass is 9.87. The fourth-order valence-electron chi connectivity index (χ4n) is 4.06. The average molecular weight is 372 g/mol. The highest BCUT2D eigenvalue weighted by Gasteiger charge is 2.22. The van der Waals surface area contributed by atoms with Gasteiger partial charge in [0.25, 0.3) is 5.91 Å². The van der Waals surface area contributed by atoms with Crippen LogP contribution >= 0.6 is 11.3 Å². The maximum atomic E-state index is 12.6. The van der Waals surface area contributed by atoms with E-state index < -0.39 is 0 Å². The molecule has 0 unspecified atom stereocenters. The molecule has 2 aromatic rings. The van der Waals surface area contributed by atoms with Crippen LogP contribution in [0.3, 0.4) is 0 Å². The van der Waals surface area contributed by atoms with Gasteiger partial charge in [-0.2, -0.15) is 0 Å². The Labute approximate surface area is 160 Å². The van der Waals surface area contributed by atoms with Crippen molar-refractivity contribution in [3.8, 4) is 0 Å². The van der Waals surface area contributed by atoms with E-state index in [2.05, 4.69) is 24.1 Å². The van der Waals surface area contributed by atoms with Crippen LogP contribution < -0.4 is 10.2 Å². The number of aromatic nitrogens is 1. The Hall–Kier alpha value is -1.62. The molecular formula is C21H29N3OS. The van der Waals surface area contributed by atoms with Crippen LogP contribution in [0, 0.1) is 11.8 Å². The molecule has 0 radical (unpaired) electrons. The summed E-state index contributed by atoms with van der Waals surface area (Å²) in [6.07, 6.45) is 7.13. The molecule has 26 heavy (non-hydrogen) atoms. The Morgan fingerprint density at radius 2 is 1.77 bits per heavy atom. The van der Waals surface area contributed by atoms with E-state index in [1.54, 1.807) is 11.3 Å². The summed E-state index contributed by atoms with van der Waals surface area (Å²) in [5.74, 6) is 1.68. The monoisotopic (exact) mass is 371 g/mol. The molecular weight excluding hydrogens is 342 g/mol. The first-order valence-electron chi connectivity index (χ1n) is 10.0. The van der Waals surface area contributed by atoms with Gasteiger partial charge in [0.1, 0.15) is 0 Å². The molecule has 0 atom stereocenters. The van der Waals surface area contributed by atoms with Gasteiger partial charge in [-0.3, -0.25) is 4.79 Å². The topological polar surface area (TPSA) is 45.2 Å². The van der Waals surface area contributed by atoms with E-state index in [1.807, 2.05) is 18.2 Å². The lowest BCUT2D eigenvalue weighted by molar-refractivity contribution is 0.0923. The fourth-order valence-corrected chi connectivity index (χ4v) is 5.12. The first-order chi connectivity index (χ1) is 12.6. The molecule has 5 heteroatoms. The normalized spacial score (nSPS) is 24.8. The molecule has 0 spiro atoms. The zero-order valence-electron chi connectivity index (χ0n) is 15.8. The van der Waals surface area contributed by atoms with Crippen molar-refractivity contribution in [1.82, 2.24) is 10.3 Å². The standard InChI is InChI=1S/C21H29N3OS/c1-14-3-6-17(7-4-14)22-20(25)16-5-8-18-19(13-16)26-21(23-18)24-11-9-15(2)10-12-24/h5,8,13-15,17H,3-4,6-7,9-12H2,1-2H3,(H,22,25). The van der Waals surface area contributed by atoms with Crippen LogP contribution in [-0.4, -0.2) is 30.0 Å². The van der Waals surface area contributed by atoms with Crippen molar-refractivity contribution in [2.24, 2.45) is 11.8 Å². The number of nitrogens with zero attached hydrogens (tertiary/aromatic N) is 2. The highest BCUT2D eigenvalue weighted by molar-refractivity contribution is 7.22. The molecule has 2 heterocycles. The number of carbonyl (C=O) groups excluding carboxylic acids is 1. The SMILES string of the molecule is CC1CCC(NC(=O)c2ccc3nc(N4CCC(C)CC4)sc3c2)CC1. The predicted octanol–water partition coefficient (Wildman–Crippen LogP) is 4.84. The zero-order valence-corrected chi connectivity index (χ0v) is 16.6. The van der Waals surface area contributed by atoms with Crippen molar-refractivity contribution in [2.45, 2.75) is 58.4 Å². The summed E-state index contributed by atoms with van der Waals surface area (Å²) in [5, 5.41) is 4.33. The summed E-state index contributed by atoms with van der Waals surface area (Å²) in [4.78, 5) is 19.8. The molecule has 0 bridgehead atoms. The third-order valence-electron chi connectivity index (χ3n) is 6.04. The molecule has 4 rings (SSSR count). The van der Waals surface area contributed by atoms with Gasteiger partial charge in [-0.1, -0.05) is 25.2 Å². The Balaban J connectivity index is 1.46. The summed E-state index contributed by atoms with van der Waals surface area (Å²) in [6, 6.07) is 6.27. The van der Waals surface area contributed by atoms with Gasteiger partial charge in [-0.05, 0) is 68.6 Å². The maximum absolute atomic E-state index is 12.6. The van der Waals surface area contributed by atoms with E-state index >= 15 is 0 Å². The second-order valence-electron chi connectivity index (χ2n) is 8.28. The minimum Gasteiger partial charge on any atom is -0.349 e. The molecule has 1 N–H and O–H groups in total. The molecule has 1 aliphatic carbocycles. The Bertz CT molecular complexity index is 771. The lowest BCUT2D eigenvalue weighted by Gasteiger charge is -2.29. The number of carbonyl (C=O) groups is 1. The molecule has 1 amide bonds. The van der Waals surface area contributed by atoms with Crippen LogP contribution in [0.4, 0.5) is 5.13 Å². The third kappa shape index (κ3) is 3.88. The van der Waals surface area contributed by atoms with Crippen LogP contribution in [0.25, 0.3) is 10.2 Å². The van der Waals surface area contributed by atoms with Crippen molar-refractivity contribution in [3.05, 3.63) is 23.8 Å². The number of fused-ring (bicyclic) bond motifs is 1. The van der Waals surface area contributed by atoms with Crippen molar-refractivity contribution in [1.29, 1.82) is 0 Å². The first kappa shape index (κ1) is 17.8. The summed E-state index contributed by atoms with van der Waals surface area (Å²) in [7, 11) is 0. The Morgan fingerprint density at radius 1 is 1.08 bits per heavy atom. The van der Waals surface area contributed by atoms with E-state index in [4.69, 9.17) is 4.98 Å². The molecule has 1 saturated heterocycles. The van der Waals surface area contributed by atoms with Crippen LogP contribution in [0.1, 0.15) is 62.7 Å². The van der Waals surface area contributed by atoms with Crippen LogP contribution in [0.5, 0.6) is 0 Å². The molecule has 2 fully saturated rings. The highest BCUT2D eigenvalue weighted by Crippen LogP contribution is 2.32. The number of amides is 1. The van der Waals surface area contributed by atoms with Crippen molar-refractivity contribution >= 4 is 32.6 Å². The van der Waals surface area contributed by atoms with Crippen molar-refractivity contribution in [3.63, 3.8) is 0 Å². The second kappa shape index (κ2) is 7.55. The molecule has 1 aromatic heterocycles. The molecule has 4 nitrogen and oxygen atoms in total. The number of benzene rings is 1. The minimum atomic E-state index is 0.0631. The molecule has 1 aliphatic heterocycles. The van der Waals surface area contributed by atoms with Gasteiger partial charge in [0.05, 0.1) is 10.2 Å².